The SMILES string of the molecule is COc1cc(-c2cccc(-c3cccc(NC(=O)c4cncn(C)c4=O)c3C)c2C)cc(F)c1CN(C)C[C@@H]1CCC(=O)N1C. The molecule has 1 atom stereocenters. The van der Waals surface area contributed by atoms with Gasteiger partial charge >= 0.3 is 0 Å². The van der Waals surface area contributed by atoms with E-state index < -0.39 is 11.5 Å². The molecule has 4 aromatic rings. The monoisotopic (exact) mass is 611 g/mol. The molecule has 1 aliphatic rings. The molecule has 1 aromatic heterocycles. The summed E-state index contributed by atoms with van der Waals surface area (Å²) in [5.74, 6) is -0.298. The van der Waals surface area contributed by atoms with Gasteiger partial charge in [-0.1, -0.05) is 30.3 Å². The highest BCUT2D eigenvalue weighted by molar-refractivity contribution is 6.04. The molecule has 9 nitrogen and oxygen atoms in total. The Kier molecular flexibility index (Phi) is 9.15. The lowest BCUT2D eigenvalue weighted by Crippen LogP contribution is -2.38. The van der Waals surface area contributed by atoms with Crippen molar-refractivity contribution in [3.05, 3.63) is 99.5 Å². The molecule has 2 amide bonds. The molecule has 0 aliphatic carbocycles. The van der Waals surface area contributed by atoms with Crippen LogP contribution in [-0.4, -0.2) is 65.0 Å². The van der Waals surface area contributed by atoms with Crippen LogP contribution in [-0.2, 0) is 18.4 Å². The Morgan fingerprint density at radius 1 is 1.07 bits per heavy atom. The van der Waals surface area contributed by atoms with Gasteiger partial charge in [0.1, 0.15) is 17.1 Å². The second-order valence-corrected chi connectivity index (χ2v) is 11.7. The molecule has 45 heavy (non-hydrogen) atoms. The topological polar surface area (TPSA) is 96.8 Å². The fourth-order valence-corrected chi connectivity index (χ4v) is 6.03. The van der Waals surface area contributed by atoms with Crippen molar-refractivity contribution in [3.63, 3.8) is 0 Å². The number of ether oxygens (including phenoxy) is 1. The van der Waals surface area contributed by atoms with Crippen LogP contribution in [0.5, 0.6) is 5.75 Å². The Morgan fingerprint density at radius 3 is 2.44 bits per heavy atom. The van der Waals surface area contributed by atoms with Gasteiger partial charge in [-0.05, 0) is 78.9 Å². The van der Waals surface area contributed by atoms with Crippen LogP contribution in [0.15, 0.2) is 65.8 Å². The number of likely N-dealkylation sites (N-methyl/N-ethyl adjacent to an activating group) is 2. The number of carbonyl (C=O) groups is 2. The zero-order valence-corrected chi connectivity index (χ0v) is 26.5. The van der Waals surface area contributed by atoms with Gasteiger partial charge in [0.05, 0.1) is 13.4 Å². The van der Waals surface area contributed by atoms with E-state index in [2.05, 4.69) is 10.3 Å². The predicted octanol–water partition coefficient (Wildman–Crippen LogP) is 5.18. The van der Waals surface area contributed by atoms with E-state index in [0.29, 0.717) is 42.1 Å². The fourth-order valence-electron chi connectivity index (χ4n) is 6.03. The van der Waals surface area contributed by atoms with Crippen molar-refractivity contribution in [2.24, 2.45) is 7.05 Å². The van der Waals surface area contributed by atoms with Crippen LogP contribution in [0.1, 0.15) is 39.9 Å². The van der Waals surface area contributed by atoms with E-state index in [1.807, 2.05) is 69.2 Å². The summed E-state index contributed by atoms with van der Waals surface area (Å²) >= 11 is 0. The van der Waals surface area contributed by atoms with Crippen molar-refractivity contribution >= 4 is 17.5 Å². The number of methoxy groups -OCH3 is 1. The van der Waals surface area contributed by atoms with Gasteiger partial charge in [0.15, 0.2) is 0 Å². The predicted molar refractivity (Wildman–Crippen MR) is 173 cm³/mol. The molecule has 2 heterocycles. The Labute approximate surface area is 262 Å². The molecule has 0 radical (unpaired) electrons. The van der Waals surface area contributed by atoms with E-state index in [-0.39, 0.29) is 23.3 Å². The van der Waals surface area contributed by atoms with Gasteiger partial charge < -0.3 is 19.5 Å². The highest BCUT2D eigenvalue weighted by Gasteiger charge is 2.29. The maximum Gasteiger partial charge on any atom is 0.265 e. The number of hydrogen-bond donors (Lipinski definition) is 1. The number of hydrogen-bond acceptors (Lipinski definition) is 6. The van der Waals surface area contributed by atoms with Crippen molar-refractivity contribution in [1.29, 1.82) is 0 Å². The minimum absolute atomic E-state index is 0.0467. The molecule has 0 bridgehead atoms. The van der Waals surface area contributed by atoms with E-state index in [4.69, 9.17) is 4.74 Å². The summed E-state index contributed by atoms with van der Waals surface area (Å²) in [6.07, 6.45) is 3.96. The summed E-state index contributed by atoms with van der Waals surface area (Å²) in [6, 6.07) is 15.0. The lowest BCUT2D eigenvalue weighted by molar-refractivity contribution is -0.127. The largest absolute Gasteiger partial charge is 0.496 e. The Balaban J connectivity index is 1.43. The Bertz CT molecular complexity index is 1840. The molecule has 0 saturated carbocycles. The maximum atomic E-state index is 15.7. The average molecular weight is 612 g/mol. The molecule has 234 valence electrons. The molecule has 1 aliphatic heterocycles. The number of likely N-dealkylation sites (tertiary alicyclic amines) is 1. The van der Waals surface area contributed by atoms with Crippen molar-refractivity contribution in [2.75, 3.05) is 33.1 Å². The normalized spacial score (nSPS) is 14.7. The minimum atomic E-state index is -0.536. The quantitative estimate of drug-likeness (QED) is 0.280. The van der Waals surface area contributed by atoms with Crippen LogP contribution in [0.2, 0.25) is 0 Å². The summed E-state index contributed by atoms with van der Waals surface area (Å²) in [7, 11) is 6.83. The van der Waals surface area contributed by atoms with E-state index in [0.717, 1.165) is 34.2 Å². The molecule has 0 spiro atoms. The number of nitrogens with zero attached hydrogens (tertiary/aromatic N) is 4. The van der Waals surface area contributed by atoms with Crippen LogP contribution in [0.4, 0.5) is 10.1 Å². The van der Waals surface area contributed by atoms with Gasteiger partial charge in [0.2, 0.25) is 5.91 Å². The molecule has 0 unspecified atom stereocenters. The number of anilines is 1. The number of aryl methyl sites for hydroxylation is 1. The Hall–Kier alpha value is -4.83. The maximum absolute atomic E-state index is 15.7. The highest BCUT2D eigenvalue weighted by atomic mass is 19.1. The second-order valence-electron chi connectivity index (χ2n) is 11.7. The van der Waals surface area contributed by atoms with Crippen molar-refractivity contribution in [3.8, 4) is 28.0 Å². The standard InChI is InChI=1S/C35H38FN5O4/c1-21-25(23-15-30(36)29(32(16-23)45-6)19-39(3)18-24-13-14-33(42)41(24)5)9-7-10-26(21)27-11-8-12-31(22(27)2)38-34(43)28-17-37-20-40(4)35(28)44/h7-12,15-17,20,24H,13-14,18-19H2,1-6H3,(H,38,43)/t24-/m0/s1. The first kappa shape index (κ1) is 31.6. The van der Waals surface area contributed by atoms with Gasteiger partial charge in [-0.25, -0.2) is 9.37 Å². The van der Waals surface area contributed by atoms with Crippen LogP contribution >= 0.6 is 0 Å². The molecular formula is C35H38FN5O4. The van der Waals surface area contributed by atoms with Crippen molar-refractivity contribution in [2.45, 2.75) is 39.3 Å². The number of carbonyl (C=O) groups excluding carboxylic acids is 2. The number of nitrogens with one attached hydrogen (secondary N) is 1. The molecule has 1 N–H and O–H groups in total. The number of amides is 2. The smallest absolute Gasteiger partial charge is 0.265 e. The fraction of sp³-hybridized carbons (Fsp3) is 0.314. The highest BCUT2D eigenvalue weighted by Crippen LogP contribution is 2.38. The van der Waals surface area contributed by atoms with Crippen LogP contribution < -0.4 is 15.6 Å². The summed E-state index contributed by atoms with van der Waals surface area (Å²) in [4.78, 5) is 45.1. The summed E-state index contributed by atoms with van der Waals surface area (Å²) in [5.41, 5.74) is 5.68. The van der Waals surface area contributed by atoms with Gasteiger partial charge in [-0.15, -0.1) is 0 Å². The minimum Gasteiger partial charge on any atom is -0.496 e. The third-order valence-corrected chi connectivity index (χ3v) is 8.71. The number of aromatic nitrogens is 2. The average Bonchev–Trinajstić information content (AvgIpc) is 3.32. The number of benzene rings is 3. The molecule has 5 rings (SSSR count). The van der Waals surface area contributed by atoms with E-state index >= 15 is 4.39 Å². The van der Waals surface area contributed by atoms with Gasteiger partial charge in [-0.2, -0.15) is 0 Å². The first-order chi connectivity index (χ1) is 21.5. The second kappa shape index (κ2) is 13.0. The number of halogens is 1. The van der Waals surface area contributed by atoms with E-state index in [9.17, 15) is 14.4 Å². The first-order valence-electron chi connectivity index (χ1n) is 14.8. The van der Waals surface area contributed by atoms with Gasteiger partial charge in [0.25, 0.3) is 11.5 Å². The van der Waals surface area contributed by atoms with Crippen LogP contribution in [0, 0.1) is 19.7 Å². The summed E-state index contributed by atoms with van der Waals surface area (Å²) in [5, 5.41) is 2.86. The number of rotatable bonds is 9. The summed E-state index contributed by atoms with van der Waals surface area (Å²) in [6.45, 7) is 4.88. The molecule has 1 fully saturated rings. The Morgan fingerprint density at radius 2 is 1.76 bits per heavy atom. The van der Waals surface area contributed by atoms with Crippen molar-refractivity contribution < 1.29 is 18.7 Å². The molecule has 3 aromatic carbocycles. The van der Waals surface area contributed by atoms with Crippen LogP contribution in [0.25, 0.3) is 22.3 Å². The lowest BCUT2D eigenvalue weighted by atomic mass is 9.90. The van der Waals surface area contributed by atoms with Crippen molar-refractivity contribution in [1.82, 2.24) is 19.4 Å². The van der Waals surface area contributed by atoms with Crippen LogP contribution in [0.3, 0.4) is 0 Å². The third-order valence-electron chi connectivity index (χ3n) is 8.71. The lowest BCUT2D eigenvalue weighted by Gasteiger charge is -2.26. The van der Waals surface area contributed by atoms with E-state index in [1.165, 1.54) is 17.1 Å². The molecular weight excluding hydrogens is 573 g/mol. The van der Waals surface area contributed by atoms with E-state index in [1.54, 1.807) is 31.2 Å². The summed E-state index contributed by atoms with van der Waals surface area (Å²) < 4.78 is 22.7. The first-order valence-corrected chi connectivity index (χ1v) is 14.8. The molecule has 1 saturated heterocycles. The zero-order valence-electron chi connectivity index (χ0n) is 26.5. The molecule has 10 heteroatoms. The van der Waals surface area contributed by atoms with Gasteiger partial charge in [0, 0.05) is 57.1 Å². The zero-order chi connectivity index (χ0) is 32.4. The third kappa shape index (κ3) is 6.37. The van der Waals surface area contributed by atoms with Gasteiger partial charge in [-0.3, -0.25) is 19.3 Å².